The molecule has 130 valence electrons. The van der Waals surface area contributed by atoms with Crippen LogP contribution in [0.1, 0.15) is 39.7 Å². The summed E-state index contributed by atoms with van der Waals surface area (Å²) >= 11 is 1.48. The molecule has 0 saturated heterocycles. The van der Waals surface area contributed by atoms with Crippen LogP contribution in [0.4, 0.5) is 0 Å². The number of aromatic amines is 1. The van der Waals surface area contributed by atoms with Crippen LogP contribution in [0, 0.1) is 13.8 Å². The predicted molar refractivity (Wildman–Crippen MR) is 102 cm³/mol. The zero-order valence-corrected chi connectivity index (χ0v) is 15.6. The molecule has 0 spiro atoms. The lowest BCUT2D eigenvalue weighted by atomic mass is 10.2. The van der Waals surface area contributed by atoms with Gasteiger partial charge in [-0.1, -0.05) is 12.1 Å². The summed E-state index contributed by atoms with van der Waals surface area (Å²) in [6.45, 7) is 5.90. The summed E-state index contributed by atoms with van der Waals surface area (Å²) < 4.78 is 2.02. The van der Waals surface area contributed by atoms with Crippen molar-refractivity contribution in [1.29, 1.82) is 0 Å². The van der Waals surface area contributed by atoms with Gasteiger partial charge in [-0.25, -0.2) is 4.98 Å². The third-order valence-corrected chi connectivity index (χ3v) is 5.71. The van der Waals surface area contributed by atoms with Crippen LogP contribution in [0.5, 0.6) is 0 Å². The van der Waals surface area contributed by atoms with E-state index in [0.717, 1.165) is 17.0 Å². The average molecular weight is 355 g/mol. The van der Waals surface area contributed by atoms with Gasteiger partial charge < -0.3 is 9.55 Å². The van der Waals surface area contributed by atoms with Crippen LogP contribution in [0.25, 0.3) is 10.9 Å². The van der Waals surface area contributed by atoms with Crippen LogP contribution in [0.3, 0.4) is 0 Å². The van der Waals surface area contributed by atoms with E-state index in [0.29, 0.717) is 22.5 Å². The number of aromatic nitrogens is 3. The van der Waals surface area contributed by atoms with E-state index >= 15 is 0 Å². The van der Waals surface area contributed by atoms with Gasteiger partial charge in [-0.15, -0.1) is 11.8 Å². The molecule has 0 radical (unpaired) electrons. The van der Waals surface area contributed by atoms with E-state index in [1.165, 1.54) is 11.8 Å². The van der Waals surface area contributed by atoms with Crippen LogP contribution in [-0.4, -0.2) is 26.1 Å². The number of hydrogen-bond donors (Lipinski definition) is 1. The molecular formula is C19H21N3O2S. The smallest absolute Gasteiger partial charge is 0.258 e. The Balaban J connectivity index is 1.76. The summed E-state index contributed by atoms with van der Waals surface area (Å²) in [4.78, 5) is 32.1. The van der Waals surface area contributed by atoms with Gasteiger partial charge in [0.05, 0.1) is 21.9 Å². The second kappa shape index (κ2) is 6.88. The van der Waals surface area contributed by atoms with E-state index in [1.807, 2.05) is 56.7 Å². The summed E-state index contributed by atoms with van der Waals surface area (Å²) in [6.07, 6.45) is 0. The summed E-state index contributed by atoms with van der Waals surface area (Å²) in [5.74, 6) is 1.05. The van der Waals surface area contributed by atoms with Gasteiger partial charge in [0.1, 0.15) is 5.82 Å². The Morgan fingerprint density at radius 3 is 2.72 bits per heavy atom. The minimum Gasteiger partial charge on any atom is -0.351 e. The second-order valence-electron chi connectivity index (χ2n) is 6.19. The number of hydrogen-bond acceptors (Lipinski definition) is 4. The Morgan fingerprint density at radius 2 is 2.04 bits per heavy atom. The molecular weight excluding hydrogens is 334 g/mol. The maximum atomic E-state index is 12.5. The quantitative estimate of drug-likeness (QED) is 0.711. The molecule has 0 aliphatic rings. The third kappa shape index (κ3) is 3.39. The predicted octanol–water partition coefficient (Wildman–Crippen LogP) is 3.56. The number of carbonyl (C=O) groups is 1. The number of carbonyl (C=O) groups excluding carboxylic acids is 1. The maximum Gasteiger partial charge on any atom is 0.258 e. The highest BCUT2D eigenvalue weighted by molar-refractivity contribution is 8.00. The fourth-order valence-electron chi connectivity index (χ4n) is 2.79. The molecule has 0 amide bonds. The van der Waals surface area contributed by atoms with Crippen molar-refractivity contribution in [3.63, 3.8) is 0 Å². The molecule has 0 fully saturated rings. The first kappa shape index (κ1) is 17.5. The number of ketones is 1. The number of Topliss-reactive ketones (excluding diaryl/α,β-unsaturated/α-hetero) is 1. The van der Waals surface area contributed by atoms with Crippen LogP contribution in [0.15, 0.2) is 35.1 Å². The highest BCUT2D eigenvalue weighted by Crippen LogP contribution is 2.27. The molecule has 5 nitrogen and oxygen atoms in total. The van der Waals surface area contributed by atoms with Crippen LogP contribution in [0.2, 0.25) is 0 Å². The molecule has 0 aliphatic carbocycles. The van der Waals surface area contributed by atoms with Crippen molar-refractivity contribution in [3.05, 3.63) is 63.5 Å². The highest BCUT2D eigenvalue weighted by Gasteiger charge is 2.17. The van der Waals surface area contributed by atoms with Crippen molar-refractivity contribution < 1.29 is 4.79 Å². The van der Waals surface area contributed by atoms with Crippen molar-refractivity contribution in [2.24, 2.45) is 7.05 Å². The van der Waals surface area contributed by atoms with Crippen LogP contribution < -0.4 is 5.56 Å². The number of H-pyrrole nitrogens is 1. The molecule has 0 bridgehead atoms. The van der Waals surface area contributed by atoms with Gasteiger partial charge in [0.25, 0.3) is 5.56 Å². The van der Waals surface area contributed by atoms with Gasteiger partial charge in [0, 0.05) is 24.0 Å². The summed E-state index contributed by atoms with van der Waals surface area (Å²) in [6, 6.07) is 9.19. The standard InChI is InChI=1S/C19H21N3O2S/c1-11-9-15(12(2)22(11)4)17(23)10-25-13(3)18-20-16-8-6-5-7-14(16)19(24)21-18/h5-9,13H,10H2,1-4H3,(H,20,21,24)/t13-/m1/s1. The van der Waals surface area contributed by atoms with Gasteiger partial charge in [0.15, 0.2) is 5.78 Å². The first-order chi connectivity index (χ1) is 11.9. The number of nitrogens with one attached hydrogen (secondary N) is 1. The largest absolute Gasteiger partial charge is 0.351 e. The van der Waals surface area contributed by atoms with E-state index in [1.54, 1.807) is 6.07 Å². The van der Waals surface area contributed by atoms with Crippen LogP contribution in [-0.2, 0) is 7.05 Å². The normalized spacial score (nSPS) is 12.5. The number of thioether (sulfide) groups is 1. The summed E-state index contributed by atoms with van der Waals surface area (Å²) in [7, 11) is 1.96. The lowest BCUT2D eigenvalue weighted by molar-refractivity contribution is 0.102. The van der Waals surface area contributed by atoms with E-state index in [9.17, 15) is 9.59 Å². The topological polar surface area (TPSA) is 67.8 Å². The van der Waals surface area contributed by atoms with Crippen molar-refractivity contribution in [1.82, 2.24) is 14.5 Å². The number of aryl methyl sites for hydroxylation is 1. The minimum absolute atomic E-state index is 0.0774. The fourth-order valence-corrected chi connectivity index (χ4v) is 3.62. The van der Waals surface area contributed by atoms with Crippen LogP contribution >= 0.6 is 11.8 Å². The molecule has 25 heavy (non-hydrogen) atoms. The Bertz CT molecular complexity index is 1000. The zero-order valence-electron chi connectivity index (χ0n) is 14.8. The average Bonchev–Trinajstić information content (AvgIpc) is 2.87. The molecule has 1 aromatic carbocycles. The lowest BCUT2D eigenvalue weighted by Gasteiger charge is -2.11. The molecule has 6 heteroatoms. The van der Waals surface area contributed by atoms with Crippen molar-refractivity contribution in [2.75, 3.05) is 5.75 Å². The second-order valence-corrected chi connectivity index (χ2v) is 7.52. The van der Waals surface area contributed by atoms with Gasteiger partial charge >= 0.3 is 0 Å². The van der Waals surface area contributed by atoms with E-state index in [2.05, 4.69) is 9.97 Å². The molecule has 0 unspecified atom stereocenters. The number of nitrogens with zero attached hydrogens (tertiary/aromatic N) is 2. The first-order valence-corrected chi connectivity index (χ1v) is 9.20. The first-order valence-electron chi connectivity index (χ1n) is 8.15. The Labute approximate surface area is 150 Å². The Hall–Kier alpha value is -2.34. The maximum absolute atomic E-state index is 12.5. The third-order valence-electron chi connectivity index (χ3n) is 4.56. The van der Waals surface area contributed by atoms with Gasteiger partial charge in [-0.2, -0.15) is 0 Å². The fraction of sp³-hybridized carbons (Fsp3) is 0.316. The SMILES string of the molecule is Cc1cc(C(=O)CS[C@H](C)c2nc3ccccc3c(=O)[nH]2)c(C)n1C. The monoisotopic (exact) mass is 355 g/mol. The van der Waals surface area contributed by atoms with Crippen molar-refractivity contribution >= 4 is 28.4 Å². The lowest BCUT2D eigenvalue weighted by Crippen LogP contribution is -2.13. The van der Waals surface area contributed by atoms with Crippen molar-refractivity contribution in [3.8, 4) is 0 Å². The molecule has 2 heterocycles. The summed E-state index contributed by atoms with van der Waals surface area (Å²) in [5.41, 5.74) is 3.34. The number of para-hydroxylation sites is 1. The number of rotatable bonds is 5. The Kier molecular flexibility index (Phi) is 4.81. The highest BCUT2D eigenvalue weighted by atomic mass is 32.2. The van der Waals surface area contributed by atoms with E-state index < -0.39 is 0 Å². The van der Waals surface area contributed by atoms with Gasteiger partial charge in [0.2, 0.25) is 0 Å². The molecule has 3 rings (SSSR count). The van der Waals surface area contributed by atoms with E-state index in [-0.39, 0.29) is 16.6 Å². The minimum atomic E-state index is -0.145. The molecule has 1 atom stereocenters. The summed E-state index contributed by atoms with van der Waals surface area (Å²) in [5, 5.41) is 0.501. The number of fused-ring (bicyclic) bond motifs is 1. The van der Waals surface area contributed by atoms with E-state index in [4.69, 9.17) is 0 Å². The Morgan fingerprint density at radius 1 is 1.32 bits per heavy atom. The zero-order chi connectivity index (χ0) is 18.1. The molecule has 2 aromatic heterocycles. The molecule has 1 N–H and O–H groups in total. The molecule has 3 aromatic rings. The molecule has 0 saturated carbocycles. The van der Waals surface area contributed by atoms with Crippen molar-refractivity contribution in [2.45, 2.75) is 26.0 Å². The van der Waals surface area contributed by atoms with Gasteiger partial charge in [-0.05, 0) is 39.0 Å². The van der Waals surface area contributed by atoms with Gasteiger partial charge in [-0.3, -0.25) is 9.59 Å². The molecule has 0 aliphatic heterocycles. The number of benzene rings is 1.